The summed E-state index contributed by atoms with van der Waals surface area (Å²) in [5, 5.41) is 14.3. The molecular weight excluding hydrogens is 274 g/mol. The van der Waals surface area contributed by atoms with Crippen LogP contribution in [0.25, 0.3) is 0 Å². The molecule has 2 aromatic rings. The number of hydrogen-bond donors (Lipinski definition) is 1. The predicted octanol–water partition coefficient (Wildman–Crippen LogP) is 3.63. The normalized spacial score (nSPS) is 10.3. The highest BCUT2D eigenvalue weighted by atomic mass is 35.5. The van der Waals surface area contributed by atoms with Gasteiger partial charge in [-0.05, 0) is 19.1 Å². The van der Waals surface area contributed by atoms with Crippen LogP contribution in [-0.4, -0.2) is 9.91 Å². The molecule has 7 heteroatoms. The van der Waals surface area contributed by atoms with Crippen LogP contribution in [0.15, 0.2) is 23.7 Å². The molecule has 0 saturated carbocycles. The summed E-state index contributed by atoms with van der Waals surface area (Å²) >= 11 is 7.26. The lowest BCUT2D eigenvalue weighted by Gasteiger charge is -2.06. The minimum absolute atomic E-state index is 0.0235. The van der Waals surface area contributed by atoms with E-state index in [0.717, 1.165) is 10.6 Å². The average Bonchev–Trinajstić information content (AvgIpc) is 2.73. The first kappa shape index (κ1) is 12.8. The maximum atomic E-state index is 10.9. The zero-order valence-electron chi connectivity index (χ0n) is 9.51. The molecule has 0 aliphatic heterocycles. The van der Waals surface area contributed by atoms with Crippen molar-refractivity contribution in [2.75, 3.05) is 5.32 Å². The third kappa shape index (κ3) is 2.77. The van der Waals surface area contributed by atoms with Gasteiger partial charge in [-0.25, -0.2) is 4.98 Å². The van der Waals surface area contributed by atoms with Gasteiger partial charge in [0.25, 0.3) is 5.69 Å². The molecule has 0 spiro atoms. The van der Waals surface area contributed by atoms with Gasteiger partial charge >= 0.3 is 0 Å². The van der Waals surface area contributed by atoms with Crippen molar-refractivity contribution in [2.24, 2.45) is 0 Å². The molecule has 0 bridgehead atoms. The van der Waals surface area contributed by atoms with Crippen molar-refractivity contribution in [1.29, 1.82) is 0 Å². The number of aryl methyl sites for hydroxylation is 1. The van der Waals surface area contributed by atoms with E-state index in [9.17, 15) is 10.1 Å². The fourth-order valence-electron chi connectivity index (χ4n) is 1.48. The number of nitro groups is 1. The number of anilines is 1. The lowest BCUT2D eigenvalue weighted by atomic mass is 10.2. The number of thiazole rings is 1. The van der Waals surface area contributed by atoms with E-state index in [4.69, 9.17) is 11.6 Å². The maximum Gasteiger partial charge on any atom is 0.293 e. The van der Waals surface area contributed by atoms with Crippen LogP contribution < -0.4 is 5.32 Å². The van der Waals surface area contributed by atoms with Crippen molar-refractivity contribution in [1.82, 2.24) is 4.98 Å². The standard InChI is InChI=1S/C11H10ClN3O2S/c1-7-11(18-6-14-7)5-13-9-3-2-8(12)4-10(9)15(16)17/h2-4,6,13H,5H2,1H3. The van der Waals surface area contributed by atoms with Crippen LogP contribution in [0.4, 0.5) is 11.4 Å². The number of rotatable bonds is 4. The molecule has 1 aromatic heterocycles. The lowest BCUT2D eigenvalue weighted by Crippen LogP contribution is -2.02. The Balaban J connectivity index is 2.19. The van der Waals surface area contributed by atoms with Gasteiger partial charge in [0.05, 0.1) is 22.7 Å². The van der Waals surface area contributed by atoms with Gasteiger partial charge in [-0.1, -0.05) is 11.6 Å². The van der Waals surface area contributed by atoms with Crippen LogP contribution in [0.5, 0.6) is 0 Å². The molecule has 0 fully saturated rings. The third-order valence-electron chi connectivity index (χ3n) is 2.44. The first-order chi connectivity index (χ1) is 8.58. The summed E-state index contributed by atoms with van der Waals surface area (Å²) in [5.74, 6) is 0. The van der Waals surface area contributed by atoms with E-state index in [-0.39, 0.29) is 5.69 Å². The molecule has 0 unspecified atom stereocenters. The Morgan fingerprint density at radius 3 is 2.94 bits per heavy atom. The second-order valence-corrected chi connectivity index (χ2v) is 5.01. The summed E-state index contributed by atoms with van der Waals surface area (Å²) in [6, 6.07) is 4.57. The molecule has 0 atom stereocenters. The smallest absolute Gasteiger partial charge is 0.293 e. The average molecular weight is 284 g/mol. The first-order valence-corrected chi connectivity index (χ1v) is 6.40. The van der Waals surface area contributed by atoms with Crippen molar-refractivity contribution in [3.05, 3.63) is 49.4 Å². The fourth-order valence-corrected chi connectivity index (χ4v) is 2.36. The lowest BCUT2D eigenvalue weighted by molar-refractivity contribution is -0.383. The zero-order valence-corrected chi connectivity index (χ0v) is 11.1. The van der Waals surface area contributed by atoms with Gasteiger partial charge in [0, 0.05) is 16.0 Å². The Hall–Kier alpha value is -1.66. The molecule has 2 rings (SSSR count). The number of halogens is 1. The van der Waals surface area contributed by atoms with E-state index >= 15 is 0 Å². The minimum Gasteiger partial charge on any atom is -0.375 e. The van der Waals surface area contributed by atoms with E-state index in [1.807, 2.05) is 6.92 Å². The van der Waals surface area contributed by atoms with E-state index in [0.29, 0.717) is 17.3 Å². The van der Waals surface area contributed by atoms with Crippen LogP contribution in [-0.2, 0) is 6.54 Å². The monoisotopic (exact) mass is 283 g/mol. The van der Waals surface area contributed by atoms with Gasteiger partial charge in [-0.2, -0.15) is 0 Å². The molecule has 0 radical (unpaired) electrons. The number of nitrogens with zero attached hydrogens (tertiary/aromatic N) is 2. The molecule has 0 aliphatic carbocycles. The maximum absolute atomic E-state index is 10.9. The van der Waals surface area contributed by atoms with Gasteiger partial charge < -0.3 is 5.32 Å². The Bertz CT molecular complexity index is 585. The number of aromatic nitrogens is 1. The highest BCUT2D eigenvalue weighted by molar-refractivity contribution is 7.09. The van der Waals surface area contributed by atoms with Crippen molar-refractivity contribution in [2.45, 2.75) is 13.5 Å². The fraction of sp³-hybridized carbons (Fsp3) is 0.182. The van der Waals surface area contributed by atoms with Crippen molar-refractivity contribution in [3.63, 3.8) is 0 Å². The number of hydrogen-bond acceptors (Lipinski definition) is 5. The third-order valence-corrected chi connectivity index (χ3v) is 3.61. The van der Waals surface area contributed by atoms with Gasteiger partial charge in [0.15, 0.2) is 0 Å². The van der Waals surface area contributed by atoms with E-state index in [1.165, 1.54) is 17.4 Å². The minimum atomic E-state index is -0.451. The summed E-state index contributed by atoms with van der Waals surface area (Å²) < 4.78 is 0. The van der Waals surface area contributed by atoms with E-state index < -0.39 is 4.92 Å². The molecular formula is C11H10ClN3O2S. The number of benzene rings is 1. The van der Waals surface area contributed by atoms with Crippen LogP contribution in [0.1, 0.15) is 10.6 Å². The van der Waals surface area contributed by atoms with Crippen LogP contribution in [0.3, 0.4) is 0 Å². The quantitative estimate of drug-likeness (QED) is 0.687. The summed E-state index contributed by atoms with van der Waals surface area (Å²) in [4.78, 5) is 15.6. The topological polar surface area (TPSA) is 68.1 Å². The molecule has 1 heterocycles. The Morgan fingerprint density at radius 1 is 1.56 bits per heavy atom. The molecule has 18 heavy (non-hydrogen) atoms. The molecule has 1 aromatic carbocycles. The highest BCUT2D eigenvalue weighted by Crippen LogP contribution is 2.28. The molecule has 1 N–H and O–H groups in total. The van der Waals surface area contributed by atoms with Gasteiger partial charge in [0.2, 0.25) is 0 Å². The van der Waals surface area contributed by atoms with Crippen molar-refractivity contribution >= 4 is 34.3 Å². The predicted molar refractivity (Wildman–Crippen MR) is 72.3 cm³/mol. The summed E-state index contributed by atoms with van der Waals surface area (Å²) in [6.45, 7) is 2.42. The zero-order chi connectivity index (χ0) is 13.1. The van der Waals surface area contributed by atoms with Gasteiger partial charge in [-0.15, -0.1) is 11.3 Å². The second-order valence-electron chi connectivity index (χ2n) is 3.63. The van der Waals surface area contributed by atoms with Crippen LogP contribution >= 0.6 is 22.9 Å². The number of nitrogens with one attached hydrogen (secondary N) is 1. The molecule has 94 valence electrons. The number of nitro benzene ring substituents is 1. The largest absolute Gasteiger partial charge is 0.375 e. The van der Waals surface area contributed by atoms with E-state index in [1.54, 1.807) is 17.6 Å². The van der Waals surface area contributed by atoms with Crippen LogP contribution in [0.2, 0.25) is 5.02 Å². The molecule has 0 aliphatic rings. The van der Waals surface area contributed by atoms with Crippen molar-refractivity contribution < 1.29 is 4.92 Å². The van der Waals surface area contributed by atoms with E-state index in [2.05, 4.69) is 10.3 Å². The second kappa shape index (κ2) is 5.32. The SMILES string of the molecule is Cc1ncsc1CNc1ccc(Cl)cc1[N+](=O)[O-]. The first-order valence-electron chi connectivity index (χ1n) is 5.14. The van der Waals surface area contributed by atoms with Gasteiger partial charge in [0.1, 0.15) is 5.69 Å². The Labute approximate surface area is 113 Å². The Kier molecular flexibility index (Phi) is 3.78. The summed E-state index contributed by atoms with van der Waals surface area (Å²) in [7, 11) is 0. The Morgan fingerprint density at radius 2 is 2.33 bits per heavy atom. The van der Waals surface area contributed by atoms with Crippen LogP contribution in [0, 0.1) is 17.0 Å². The molecule has 0 amide bonds. The van der Waals surface area contributed by atoms with Crippen molar-refractivity contribution in [3.8, 4) is 0 Å². The summed E-state index contributed by atoms with van der Waals surface area (Å²) in [5.41, 5.74) is 3.12. The molecule has 5 nitrogen and oxygen atoms in total. The van der Waals surface area contributed by atoms with Gasteiger partial charge in [-0.3, -0.25) is 10.1 Å². The molecule has 0 saturated heterocycles. The summed E-state index contributed by atoms with van der Waals surface area (Å²) in [6.07, 6.45) is 0. The highest BCUT2D eigenvalue weighted by Gasteiger charge is 2.14.